The van der Waals surface area contributed by atoms with Gasteiger partial charge in [-0.15, -0.1) is 0 Å². The number of unbranched alkanes of at least 4 members (excludes halogenated alkanes) is 11. The Balaban J connectivity index is 1.54. The summed E-state index contributed by atoms with van der Waals surface area (Å²) < 4.78 is 0. The van der Waals surface area contributed by atoms with Gasteiger partial charge in [-0.3, -0.25) is 0 Å². The van der Waals surface area contributed by atoms with Crippen molar-refractivity contribution < 1.29 is 0 Å². The summed E-state index contributed by atoms with van der Waals surface area (Å²) in [5.41, 5.74) is 4.32. The fourth-order valence-corrected chi connectivity index (χ4v) is 5.78. The van der Waals surface area contributed by atoms with E-state index in [0.717, 1.165) is 18.4 Å². The SMILES string of the molecule is CCCCCCCCCC1CCC(CCc2ccc(NCCCCCCCC)c(C)c2)CC1. The van der Waals surface area contributed by atoms with Gasteiger partial charge < -0.3 is 5.32 Å². The van der Waals surface area contributed by atoms with Crippen molar-refractivity contribution in [3.05, 3.63) is 29.3 Å². The molecule has 0 radical (unpaired) electrons. The van der Waals surface area contributed by atoms with E-state index >= 15 is 0 Å². The van der Waals surface area contributed by atoms with E-state index in [4.69, 9.17) is 0 Å². The Bertz CT molecular complexity index is 584. The molecular formula is C32H57N. The monoisotopic (exact) mass is 455 g/mol. The smallest absolute Gasteiger partial charge is 0.0370 e. The van der Waals surface area contributed by atoms with Gasteiger partial charge in [0.2, 0.25) is 0 Å². The molecule has 2 rings (SSSR count). The zero-order chi connectivity index (χ0) is 23.6. The lowest BCUT2D eigenvalue weighted by molar-refractivity contribution is 0.248. The van der Waals surface area contributed by atoms with Gasteiger partial charge in [0, 0.05) is 12.2 Å². The number of hydrogen-bond donors (Lipinski definition) is 1. The van der Waals surface area contributed by atoms with Crippen LogP contribution in [0.5, 0.6) is 0 Å². The van der Waals surface area contributed by atoms with Gasteiger partial charge in [-0.05, 0) is 55.2 Å². The van der Waals surface area contributed by atoms with Gasteiger partial charge in [-0.1, -0.05) is 135 Å². The predicted octanol–water partition coefficient (Wildman–Crippen LogP) is 10.6. The maximum Gasteiger partial charge on any atom is 0.0370 e. The average molecular weight is 456 g/mol. The van der Waals surface area contributed by atoms with Gasteiger partial charge in [0.25, 0.3) is 0 Å². The van der Waals surface area contributed by atoms with Gasteiger partial charge in [0.15, 0.2) is 0 Å². The molecule has 0 aromatic heterocycles. The second-order valence-corrected chi connectivity index (χ2v) is 11.2. The molecule has 1 aromatic carbocycles. The van der Waals surface area contributed by atoms with Gasteiger partial charge in [-0.25, -0.2) is 0 Å². The van der Waals surface area contributed by atoms with E-state index in [1.165, 1.54) is 140 Å². The summed E-state index contributed by atoms with van der Waals surface area (Å²) in [7, 11) is 0. The minimum Gasteiger partial charge on any atom is -0.385 e. The number of benzene rings is 1. The first kappa shape index (κ1) is 28.3. The fourth-order valence-electron chi connectivity index (χ4n) is 5.78. The van der Waals surface area contributed by atoms with Crippen LogP contribution in [0.15, 0.2) is 18.2 Å². The molecule has 0 heterocycles. The van der Waals surface area contributed by atoms with E-state index in [1.54, 1.807) is 5.56 Å². The normalized spacial score (nSPS) is 18.5. The van der Waals surface area contributed by atoms with Crippen LogP contribution in [0.1, 0.15) is 147 Å². The molecule has 1 nitrogen and oxygen atoms in total. The van der Waals surface area contributed by atoms with Gasteiger partial charge in [0.1, 0.15) is 0 Å². The van der Waals surface area contributed by atoms with E-state index in [0.29, 0.717) is 0 Å². The number of nitrogens with one attached hydrogen (secondary N) is 1. The zero-order valence-corrected chi connectivity index (χ0v) is 22.7. The van der Waals surface area contributed by atoms with Crippen LogP contribution in [0.4, 0.5) is 5.69 Å². The summed E-state index contributed by atoms with van der Waals surface area (Å²) in [6, 6.07) is 7.15. The highest BCUT2D eigenvalue weighted by Crippen LogP contribution is 2.34. The van der Waals surface area contributed by atoms with E-state index < -0.39 is 0 Å². The summed E-state index contributed by atoms with van der Waals surface area (Å²) in [4.78, 5) is 0. The Morgan fingerprint density at radius 1 is 0.667 bits per heavy atom. The second kappa shape index (κ2) is 18.4. The van der Waals surface area contributed by atoms with Crippen LogP contribution < -0.4 is 5.32 Å². The van der Waals surface area contributed by atoms with Crippen molar-refractivity contribution in [3.8, 4) is 0 Å². The van der Waals surface area contributed by atoms with Crippen LogP contribution in [0, 0.1) is 18.8 Å². The first-order chi connectivity index (χ1) is 16.2. The van der Waals surface area contributed by atoms with E-state index in [9.17, 15) is 0 Å². The molecule has 190 valence electrons. The third-order valence-electron chi connectivity index (χ3n) is 8.16. The maximum absolute atomic E-state index is 3.67. The molecule has 1 saturated carbocycles. The standard InChI is InChI=1S/C32H57N/c1-4-6-8-10-12-13-15-17-29-18-20-30(21-19-29)22-23-31-24-25-32(28(3)27-31)33-26-16-14-11-9-7-5-2/h24-25,27,29-30,33H,4-23,26H2,1-3H3. The molecule has 0 aliphatic heterocycles. The third kappa shape index (κ3) is 12.9. The molecule has 0 bridgehead atoms. The molecule has 0 amide bonds. The highest BCUT2D eigenvalue weighted by molar-refractivity contribution is 5.52. The molecule has 1 heteroatoms. The third-order valence-corrected chi connectivity index (χ3v) is 8.16. The van der Waals surface area contributed by atoms with E-state index in [2.05, 4.69) is 44.3 Å². The van der Waals surface area contributed by atoms with E-state index in [-0.39, 0.29) is 0 Å². The average Bonchev–Trinajstić information content (AvgIpc) is 2.83. The van der Waals surface area contributed by atoms with Crippen molar-refractivity contribution in [1.29, 1.82) is 0 Å². The van der Waals surface area contributed by atoms with Crippen molar-refractivity contribution >= 4 is 5.69 Å². The summed E-state index contributed by atoms with van der Waals surface area (Å²) >= 11 is 0. The fraction of sp³-hybridized carbons (Fsp3) is 0.812. The maximum atomic E-state index is 3.67. The molecule has 0 atom stereocenters. The van der Waals surface area contributed by atoms with Crippen LogP contribution in [-0.2, 0) is 6.42 Å². The molecule has 1 aliphatic rings. The minimum atomic E-state index is 0.973. The number of rotatable bonds is 19. The molecule has 33 heavy (non-hydrogen) atoms. The summed E-state index contributed by atoms with van der Waals surface area (Å²) in [5.74, 6) is 2.01. The lowest BCUT2D eigenvalue weighted by Crippen LogP contribution is -2.15. The molecule has 1 N–H and O–H groups in total. The highest BCUT2D eigenvalue weighted by atomic mass is 14.9. The molecular weight excluding hydrogens is 398 g/mol. The van der Waals surface area contributed by atoms with Crippen LogP contribution in [0.3, 0.4) is 0 Å². The first-order valence-corrected chi connectivity index (χ1v) is 15.1. The summed E-state index contributed by atoms with van der Waals surface area (Å²) in [5, 5.41) is 3.67. The largest absolute Gasteiger partial charge is 0.385 e. The minimum absolute atomic E-state index is 0.973. The van der Waals surface area contributed by atoms with Gasteiger partial charge in [-0.2, -0.15) is 0 Å². The van der Waals surface area contributed by atoms with Crippen molar-refractivity contribution in [3.63, 3.8) is 0 Å². The Kier molecular flexibility index (Phi) is 15.7. The van der Waals surface area contributed by atoms with Crippen LogP contribution in [-0.4, -0.2) is 6.54 Å². The Morgan fingerprint density at radius 3 is 1.82 bits per heavy atom. The Hall–Kier alpha value is -0.980. The van der Waals surface area contributed by atoms with Gasteiger partial charge in [0.05, 0.1) is 0 Å². The lowest BCUT2D eigenvalue weighted by atomic mass is 9.77. The predicted molar refractivity (Wildman–Crippen MR) is 149 cm³/mol. The molecule has 0 unspecified atom stereocenters. The van der Waals surface area contributed by atoms with Crippen LogP contribution in [0.2, 0.25) is 0 Å². The van der Waals surface area contributed by atoms with Gasteiger partial charge >= 0.3 is 0 Å². The zero-order valence-electron chi connectivity index (χ0n) is 22.7. The topological polar surface area (TPSA) is 12.0 Å². The van der Waals surface area contributed by atoms with Crippen molar-refractivity contribution in [2.75, 3.05) is 11.9 Å². The molecule has 0 saturated heterocycles. The molecule has 0 spiro atoms. The Morgan fingerprint density at radius 2 is 1.21 bits per heavy atom. The highest BCUT2D eigenvalue weighted by Gasteiger charge is 2.20. The Labute approximate surface area is 207 Å². The molecule has 1 fully saturated rings. The quantitative estimate of drug-likeness (QED) is 0.204. The van der Waals surface area contributed by atoms with Crippen molar-refractivity contribution in [2.45, 2.75) is 149 Å². The summed E-state index contributed by atoms with van der Waals surface area (Å²) in [6.45, 7) is 8.00. The van der Waals surface area contributed by atoms with E-state index in [1.807, 2.05) is 0 Å². The number of hydrogen-bond acceptors (Lipinski definition) is 1. The van der Waals surface area contributed by atoms with Crippen LogP contribution in [0.25, 0.3) is 0 Å². The number of anilines is 1. The summed E-state index contributed by atoms with van der Waals surface area (Å²) in [6.07, 6.45) is 28.5. The second-order valence-electron chi connectivity index (χ2n) is 11.2. The van der Waals surface area contributed by atoms with Crippen molar-refractivity contribution in [1.82, 2.24) is 0 Å². The first-order valence-electron chi connectivity index (χ1n) is 15.1. The van der Waals surface area contributed by atoms with Crippen LogP contribution >= 0.6 is 0 Å². The molecule has 1 aliphatic carbocycles. The van der Waals surface area contributed by atoms with Crippen molar-refractivity contribution in [2.24, 2.45) is 11.8 Å². The lowest BCUT2D eigenvalue weighted by Gasteiger charge is -2.28. The molecule has 1 aromatic rings. The number of aryl methyl sites for hydroxylation is 2.